The van der Waals surface area contributed by atoms with Crippen LogP contribution in [-0.2, 0) is 6.42 Å². The van der Waals surface area contributed by atoms with Crippen LogP contribution < -0.4 is 5.73 Å². The molecule has 6 atom stereocenters. The molecular formula is C33H41Cl2N5O3. The Balaban J connectivity index is 1.13. The van der Waals surface area contributed by atoms with Crippen molar-refractivity contribution in [1.82, 2.24) is 14.7 Å². The zero-order chi connectivity index (χ0) is 30.8. The first-order valence-electron chi connectivity index (χ1n) is 15.3. The predicted molar refractivity (Wildman–Crippen MR) is 170 cm³/mol. The number of aliphatic hydroxyl groups is 1. The van der Waals surface area contributed by atoms with Crippen molar-refractivity contribution in [3.8, 4) is 0 Å². The van der Waals surface area contributed by atoms with E-state index >= 15 is 0 Å². The van der Waals surface area contributed by atoms with Gasteiger partial charge in [0.25, 0.3) is 11.8 Å². The molecule has 3 saturated carbocycles. The Kier molecular flexibility index (Phi) is 8.03. The van der Waals surface area contributed by atoms with Crippen LogP contribution in [0, 0.1) is 23.2 Å². The highest BCUT2D eigenvalue weighted by Crippen LogP contribution is 2.62. The molecule has 7 rings (SSSR count). The summed E-state index contributed by atoms with van der Waals surface area (Å²) in [6.45, 7) is 11.7. The number of halogens is 2. The van der Waals surface area contributed by atoms with E-state index in [0.29, 0.717) is 50.7 Å². The van der Waals surface area contributed by atoms with Gasteiger partial charge in [0, 0.05) is 41.8 Å². The lowest BCUT2D eigenvalue weighted by molar-refractivity contribution is -0.147. The van der Waals surface area contributed by atoms with Crippen LogP contribution in [0.25, 0.3) is 0 Å². The molecule has 3 aliphatic carbocycles. The SMILES string of the molecule is C[C@H]1[C@@H](N2CCN(C(N)=Nc3ccc4c(c3)C(=O)N([C@H](CO)Cc3ccc(Cl)cc3Cl)C4=O)C[C@@H]2C)C[C@@H]2C[C@@H]1C2(C)C. The molecule has 10 heteroatoms. The Bertz CT molecular complexity index is 1480. The van der Waals surface area contributed by atoms with Gasteiger partial charge in [-0.15, -0.1) is 0 Å². The number of fused-ring (bicyclic) bond motifs is 3. The van der Waals surface area contributed by atoms with Gasteiger partial charge >= 0.3 is 0 Å². The van der Waals surface area contributed by atoms with Gasteiger partial charge in [-0.25, -0.2) is 4.99 Å². The van der Waals surface area contributed by atoms with E-state index in [-0.39, 0.29) is 17.5 Å². The molecule has 2 amide bonds. The molecule has 43 heavy (non-hydrogen) atoms. The van der Waals surface area contributed by atoms with Crippen LogP contribution in [0.15, 0.2) is 41.4 Å². The monoisotopic (exact) mass is 625 g/mol. The fourth-order valence-electron chi connectivity index (χ4n) is 8.26. The van der Waals surface area contributed by atoms with Crippen molar-refractivity contribution < 1.29 is 14.7 Å². The van der Waals surface area contributed by atoms with Crippen molar-refractivity contribution in [3.05, 3.63) is 63.1 Å². The number of carbonyl (C=O) groups is 2. The van der Waals surface area contributed by atoms with E-state index in [1.165, 1.54) is 12.8 Å². The van der Waals surface area contributed by atoms with Crippen molar-refractivity contribution >= 4 is 46.7 Å². The zero-order valence-electron chi connectivity index (χ0n) is 25.3. The Morgan fingerprint density at radius 1 is 1.07 bits per heavy atom. The number of nitrogens with zero attached hydrogens (tertiary/aromatic N) is 4. The van der Waals surface area contributed by atoms with Crippen LogP contribution in [0.2, 0.25) is 10.0 Å². The number of benzene rings is 2. The van der Waals surface area contributed by atoms with Gasteiger partial charge < -0.3 is 15.7 Å². The second-order valence-electron chi connectivity index (χ2n) is 13.5. The van der Waals surface area contributed by atoms with Gasteiger partial charge in [0.1, 0.15) is 0 Å². The summed E-state index contributed by atoms with van der Waals surface area (Å²) in [5.41, 5.74) is 8.73. The first-order valence-corrected chi connectivity index (χ1v) is 16.1. The van der Waals surface area contributed by atoms with Crippen molar-refractivity contribution in [2.24, 2.45) is 33.9 Å². The lowest BCUT2D eigenvalue weighted by Gasteiger charge is -2.64. The van der Waals surface area contributed by atoms with Crippen molar-refractivity contribution in [2.75, 3.05) is 26.2 Å². The fraction of sp³-hybridized carbons (Fsp3) is 0.545. The van der Waals surface area contributed by atoms with Gasteiger partial charge in [0.2, 0.25) is 0 Å². The fourth-order valence-corrected chi connectivity index (χ4v) is 8.75. The molecule has 2 heterocycles. The molecule has 3 N–H and O–H groups in total. The third-order valence-electron chi connectivity index (χ3n) is 10.9. The van der Waals surface area contributed by atoms with E-state index in [9.17, 15) is 14.7 Å². The summed E-state index contributed by atoms with van der Waals surface area (Å²) in [7, 11) is 0. The first-order chi connectivity index (χ1) is 20.4. The zero-order valence-corrected chi connectivity index (χ0v) is 26.8. The third kappa shape index (κ3) is 5.24. The summed E-state index contributed by atoms with van der Waals surface area (Å²) >= 11 is 12.3. The molecule has 2 aliphatic heterocycles. The second kappa shape index (κ2) is 11.4. The lowest BCUT2D eigenvalue weighted by atomic mass is 9.44. The average molecular weight is 627 g/mol. The van der Waals surface area contributed by atoms with Crippen LogP contribution in [-0.4, -0.2) is 81.9 Å². The minimum Gasteiger partial charge on any atom is -0.394 e. The summed E-state index contributed by atoms with van der Waals surface area (Å²) in [4.78, 5) is 37.3. The molecular weight excluding hydrogens is 585 g/mol. The van der Waals surface area contributed by atoms with Gasteiger partial charge in [0.05, 0.1) is 29.5 Å². The van der Waals surface area contributed by atoms with E-state index in [2.05, 4.69) is 42.5 Å². The number of rotatable bonds is 6. The molecule has 2 aromatic rings. The van der Waals surface area contributed by atoms with E-state index in [1.54, 1.807) is 36.4 Å². The molecule has 2 aromatic carbocycles. The number of guanidine groups is 1. The Hall–Kier alpha value is -2.65. The third-order valence-corrected chi connectivity index (χ3v) is 11.5. The Morgan fingerprint density at radius 2 is 1.81 bits per heavy atom. The number of aliphatic hydroxyl groups excluding tert-OH is 1. The van der Waals surface area contributed by atoms with Crippen LogP contribution in [0.3, 0.4) is 0 Å². The van der Waals surface area contributed by atoms with E-state index in [0.717, 1.165) is 36.4 Å². The maximum absolute atomic E-state index is 13.4. The first kappa shape index (κ1) is 30.4. The number of nitrogens with two attached hydrogens (primary N) is 1. The second-order valence-corrected chi connectivity index (χ2v) is 14.4. The summed E-state index contributed by atoms with van der Waals surface area (Å²) in [5, 5.41) is 11.0. The molecule has 2 bridgehead atoms. The van der Waals surface area contributed by atoms with Crippen molar-refractivity contribution in [3.63, 3.8) is 0 Å². The number of hydrogen-bond acceptors (Lipinski definition) is 5. The largest absolute Gasteiger partial charge is 0.394 e. The number of hydrogen-bond donors (Lipinski definition) is 2. The summed E-state index contributed by atoms with van der Waals surface area (Å²) < 4.78 is 0. The summed E-state index contributed by atoms with van der Waals surface area (Å²) in [6, 6.07) is 10.2. The molecule has 4 fully saturated rings. The number of piperazine rings is 1. The molecule has 0 unspecified atom stereocenters. The normalized spacial score (nSPS) is 29.5. The quantitative estimate of drug-likeness (QED) is 0.259. The van der Waals surface area contributed by atoms with E-state index in [4.69, 9.17) is 28.9 Å². The number of amides is 2. The predicted octanol–water partition coefficient (Wildman–Crippen LogP) is 5.22. The van der Waals surface area contributed by atoms with Gasteiger partial charge in [-0.05, 0) is 85.3 Å². The molecule has 0 aromatic heterocycles. The average Bonchev–Trinajstić information content (AvgIpc) is 3.21. The number of imide groups is 1. The minimum atomic E-state index is -0.773. The van der Waals surface area contributed by atoms with Gasteiger partial charge in [-0.2, -0.15) is 0 Å². The molecule has 230 valence electrons. The van der Waals surface area contributed by atoms with Crippen LogP contribution in [0.5, 0.6) is 0 Å². The number of carbonyl (C=O) groups excluding carboxylic acids is 2. The van der Waals surface area contributed by atoms with Crippen molar-refractivity contribution in [1.29, 1.82) is 0 Å². The molecule has 8 nitrogen and oxygen atoms in total. The molecule has 0 radical (unpaired) electrons. The maximum Gasteiger partial charge on any atom is 0.261 e. The minimum absolute atomic E-state index is 0.207. The lowest BCUT2D eigenvalue weighted by Crippen LogP contribution is -2.65. The molecule has 0 spiro atoms. The van der Waals surface area contributed by atoms with Gasteiger partial charge in [-0.1, -0.05) is 50.0 Å². The number of aliphatic imine (C=N–C) groups is 1. The Morgan fingerprint density at radius 3 is 2.47 bits per heavy atom. The highest BCUT2D eigenvalue weighted by molar-refractivity contribution is 6.35. The summed E-state index contributed by atoms with van der Waals surface area (Å²) in [6.07, 6.45) is 2.86. The molecule has 5 aliphatic rings. The van der Waals surface area contributed by atoms with Crippen LogP contribution >= 0.6 is 23.2 Å². The van der Waals surface area contributed by atoms with Crippen molar-refractivity contribution in [2.45, 2.75) is 65.1 Å². The smallest absolute Gasteiger partial charge is 0.261 e. The van der Waals surface area contributed by atoms with E-state index in [1.807, 2.05) is 0 Å². The van der Waals surface area contributed by atoms with E-state index < -0.39 is 24.5 Å². The maximum atomic E-state index is 13.4. The topological polar surface area (TPSA) is 102 Å². The summed E-state index contributed by atoms with van der Waals surface area (Å²) in [5.74, 6) is 1.82. The van der Waals surface area contributed by atoms with Gasteiger partial charge in [0.15, 0.2) is 5.96 Å². The van der Waals surface area contributed by atoms with Crippen LogP contribution in [0.1, 0.15) is 66.8 Å². The standard InChI is InChI=1S/C33H41Cl2N5O3/c1-18-16-38(9-10-39(18)29-13-21-12-27(19(29)2)33(21,3)4)32(36)37-23-7-8-25-26(15-23)31(43)40(30(25)42)24(17-41)11-20-5-6-22(34)14-28(20)35/h5-8,14-15,18-19,21,24,27,29,41H,9-13,16-17H2,1-4H3,(H2,36,37)/t18-,19+,21-,24-,27-,29-/m0/s1. The Labute approximate surface area is 263 Å². The highest BCUT2D eigenvalue weighted by atomic mass is 35.5. The highest BCUT2D eigenvalue weighted by Gasteiger charge is 2.57. The molecule has 1 saturated heterocycles. The van der Waals surface area contributed by atoms with Gasteiger partial charge in [-0.3, -0.25) is 19.4 Å². The van der Waals surface area contributed by atoms with Crippen LogP contribution in [0.4, 0.5) is 5.69 Å².